The van der Waals surface area contributed by atoms with Crippen LogP contribution in [0.2, 0.25) is 0 Å². The number of unbranched alkanes of at least 4 members (excludes halogenated alkanes) is 1. The molecule has 0 spiro atoms. The summed E-state index contributed by atoms with van der Waals surface area (Å²) < 4.78 is 1.46. The van der Waals surface area contributed by atoms with Crippen LogP contribution in [0.5, 0.6) is 0 Å². The van der Waals surface area contributed by atoms with Crippen molar-refractivity contribution in [3.05, 3.63) is 22.6 Å². The van der Waals surface area contributed by atoms with Gasteiger partial charge in [0.05, 0.1) is 11.9 Å². The molecule has 1 fully saturated rings. The predicted molar refractivity (Wildman–Crippen MR) is 67.8 cm³/mol. The average Bonchev–Trinajstić information content (AvgIpc) is 2.27. The molecule has 0 amide bonds. The van der Waals surface area contributed by atoms with Gasteiger partial charge in [0.25, 0.3) is 5.56 Å². The van der Waals surface area contributed by atoms with Gasteiger partial charge in [-0.05, 0) is 25.7 Å². The molecule has 1 N–H and O–H groups in total. The third kappa shape index (κ3) is 3.10. The summed E-state index contributed by atoms with van der Waals surface area (Å²) in [6, 6.07) is 2.13. The Morgan fingerprint density at radius 3 is 3.00 bits per heavy atom. The van der Waals surface area contributed by atoms with Crippen molar-refractivity contribution < 1.29 is 0 Å². The van der Waals surface area contributed by atoms with E-state index in [-0.39, 0.29) is 5.56 Å². The van der Waals surface area contributed by atoms with E-state index >= 15 is 0 Å². The van der Waals surface area contributed by atoms with E-state index in [0.29, 0.717) is 19.0 Å². The highest BCUT2D eigenvalue weighted by atomic mass is 16.1. The van der Waals surface area contributed by atoms with Gasteiger partial charge < -0.3 is 5.32 Å². The molecule has 1 heterocycles. The van der Waals surface area contributed by atoms with E-state index in [1.165, 1.54) is 23.9 Å². The Bertz CT molecular complexity index is 468. The van der Waals surface area contributed by atoms with Crippen LogP contribution in [0.3, 0.4) is 0 Å². The van der Waals surface area contributed by atoms with Gasteiger partial charge in [0.1, 0.15) is 0 Å². The molecule has 0 unspecified atom stereocenters. The zero-order valence-electron chi connectivity index (χ0n) is 9.85. The average molecular weight is 231 g/mol. The van der Waals surface area contributed by atoms with Gasteiger partial charge >= 0.3 is 0 Å². The Labute approximate surface area is 101 Å². The molecular formula is C13H17N3O. The molecular weight excluding hydrogens is 214 g/mol. The fraction of sp³-hybridized carbons (Fsp3) is 0.538. The van der Waals surface area contributed by atoms with Gasteiger partial charge in [-0.15, -0.1) is 12.3 Å². The van der Waals surface area contributed by atoms with Crippen molar-refractivity contribution in [3.63, 3.8) is 0 Å². The molecule has 0 bridgehead atoms. The standard InChI is InChI=1S/C13H17N3O/c1-2-3-4-8-16-13(17)9-12(10-14-16)15-11-6-5-7-11/h1,9-11,15H,3-8H2. The van der Waals surface area contributed by atoms with Crippen LogP contribution in [0.4, 0.5) is 5.69 Å². The Hall–Kier alpha value is -1.76. The Morgan fingerprint density at radius 2 is 2.41 bits per heavy atom. The summed E-state index contributed by atoms with van der Waals surface area (Å²) in [5, 5.41) is 7.44. The minimum atomic E-state index is -0.0636. The second-order valence-corrected chi connectivity index (χ2v) is 4.39. The number of aromatic nitrogens is 2. The third-order valence-corrected chi connectivity index (χ3v) is 3.04. The smallest absolute Gasteiger partial charge is 0.268 e. The van der Waals surface area contributed by atoms with Crippen LogP contribution in [-0.2, 0) is 6.54 Å². The zero-order chi connectivity index (χ0) is 12.1. The minimum Gasteiger partial charge on any atom is -0.381 e. The number of rotatable bonds is 5. The molecule has 1 aromatic rings. The number of aryl methyl sites for hydroxylation is 1. The lowest BCUT2D eigenvalue weighted by atomic mass is 9.93. The molecule has 1 saturated carbocycles. The summed E-state index contributed by atoms with van der Waals surface area (Å²) in [6.07, 6.45) is 12.0. The van der Waals surface area contributed by atoms with Gasteiger partial charge in [-0.2, -0.15) is 5.10 Å². The summed E-state index contributed by atoms with van der Waals surface area (Å²) in [5.41, 5.74) is 0.763. The Morgan fingerprint density at radius 1 is 1.59 bits per heavy atom. The molecule has 4 nitrogen and oxygen atoms in total. The Balaban J connectivity index is 1.96. The van der Waals surface area contributed by atoms with E-state index in [1.54, 1.807) is 12.3 Å². The lowest BCUT2D eigenvalue weighted by Crippen LogP contribution is -2.29. The topological polar surface area (TPSA) is 46.9 Å². The molecule has 0 radical (unpaired) electrons. The SMILES string of the molecule is C#CCCCn1ncc(NC2CCC2)cc1=O. The Kier molecular flexibility index (Phi) is 3.81. The van der Waals surface area contributed by atoms with E-state index in [1.807, 2.05) is 0 Å². The van der Waals surface area contributed by atoms with Gasteiger partial charge in [-0.1, -0.05) is 0 Å². The number of nitrogens with zero attached hydrogens (tertiary/aromatic N) is 2. The summed E-state index contributed by atoms with van der Waals surface area (Å²) >= 11 is 0. The molecule has 4 heteroatoms. The first kappa shape index (κ1) is 11.7. The lowest BCUT2D eigenvalue weighted by molar-refractivity contribution is 0.445. The van der Waals surface area contributed by atoms with Gasteiger partial charge in [0.2, 0.25) is 0 Å². The molecule has 0 saturated heterocycles. The van der Waals surface area contributed by atoms with Crippen molar-refractivity contribution in [2.75, 3.05) is 5.32 Å². The highest BCUT2D eigenvalue weighted by Gasteiger charge is 2.17. The minimum absolute atomic E-state index is 0.0636. The highest BCUT2D eigenvalue weighted by molar-refractivity contribution is 5.40. The molecule has 90 valence electrons. The predicted octanol–water partition coefficient (Wildman–Crippen LogP) is 1.62. The number of anilines is 1. The number of nitrogens with one attached hydrogen (secondary N) is 1. The molecule has 2 rings (SSSR count). The molecule has 1 aromatic heterocycles. The van der Waals surface area contributed by atoms with Gasteiger partial charge in [0, 0.05) is 25.1 Å². The summed E-state index contributed by atoms with van der Waals surface area (Å²) in [5.74, 6) is 2.55. The number of terminal acetylenes is 1. The molecule has 1 aliphatic rings. The molecule has 0 atom stereocenters. The van der Waals surface area contributed by atoms with E-state index in [9.17, 15) is 4.79 Å². The van der Waals surface area contributed by atoms with E-state index in [0.717, 1.165) is 12.1 Å². The maximum atomic E-state index is 11.7. The van der Waals surface area contributed by atoms with Crippen molar-refractivity contribution in [3.8, 4) is 12.3 Å². The fourth-order valence-corrected chi connectivity index (χ4v) is 1.80. The van der Waals surface area contributed by atoms with Crippen molar-refractivity contribution in [1.82, 2.24) is 9.78 Å². The van der Waals surface area contributed by atoms with Gasteiger partial charge in [-0.25, -0.2) is 4.68 Å². The first-order chi connectivity index (χ1) is 8.29. The van der Waals surface area contributed by atoms with Crippen LogP contribution in [0, 0.1) is 12.3 Å². The number of hydrogen-bond donors (Lipinski definition) is 1. The third-order valence-electron chi connectivity index (χ3n) is 3.04. The first-order valence-corrected chi connectivity index (χ1v) is 6.07. The molecule has 1 aliphatic carbocycles. The molecule has 0 aliphatic heterocycles. The van der Waals surface area contributed by atoms with Crippen LogP contribution in [0.1, 0.15) is 32.1 Å². The summed E-state index contributed by atoms with van der Waals surface area (Å²) in [7, 11) is 0. The maximum Gasteiger partial charge on any atom is 0.268 e. The monoisotopic (exact) mass is 231 g/mol. The van der Waals surface area contributed by atoms with Crippen molar-refractivity contribution in [1.29, 1.82) is 0 Å². The van der Waals surface area contributed by atoms with E-state index in [2.05, 4.69) is 16.3 Å². The largest absolute Gasteiger partial charge is 0.381 e. The van der Waals surface area contributed by atoms with Gasteiger partial charge in [0.15, 0.2) is 0 Å². The zero-order valence-corrected chi connectivity index (χ0v) is 9.85. The fourth-order valence-electron chi connectivity index (χ4n) is 1.80. The maximum absolute atomic E-state index is 11.7. The second kappa shape index (κ2) is 5.53. The van der Waals surface area contributed by atoms with E-state index in [4.69, 9.17) is 6.42 Å². The van der Waals surface area contributed by atoms with Gasteiger partial charge in [-0.3, -0.25) is 4.79 Å². The molecule has 17 heavy (non-hydrogen) atoms. The van der Waals surface area contributed by atoms with Crippen LogP contribution in [0.15, 0.2) is 17.1 Å². The van der Waals surface area contributed by atoms with Crippen LogP contribution in [0.25, 0.3) is 0 Å². The highest BCUT2D eigenvalue weighted by Crippen LogP contribution is 2.21. The van der Waals surface area contributed by atoms with Crippen molar-refractivity contribution in [2.24, 2.45) is 0 Å². The van der Waals surface area contributed by atoms with Crippen LogP contribution < -0.4 is 10.9 Å². The summed E-state index contributed by atoms with van der Waals surface area (Å²) in [4.78, 5) is 11.7. The first-order valence-electron chi connectivity index (χ1n) is 6.07. The normalized spacial score (nSPS) is 15.0. The molecule has 0 aromatic carbocycles. The quantitative estimate of drug-likeness (QED) is 0.618. The van der Waals surface area contributed by atoms with E-state index < -0.39 is 0 Å². The van der Waals surface area contributed by atoms with Crippen LogP contribution >= 0.6 is 0 Å². The van der Waals surface area contributed by atoms with Crippen molar-refractivity contribution >= 4 is 5.69 Å². The number of hydrogen-bond acceptors (Lipinski definition) is 3. The summed E-state index contributed by atoms with van der Waals surface area (Å²) in [6.45, 7) is 0.590. The lowest BCUT2D eigenvalue weighted by Gasteiger charge is -2.27. The van der Waals surface area contributed by atoms with Crippen molar-refractivity contribution in [2.45, 2.75) is 44.7 Å². The van der Waals surface area contributed by atoms with Crippen LogP contribution in [-0.4, -0.2) is 15.8 Å². The second-order valence-electron chi connectivity index (χ2n) is 4.39.